The molecule has 6 nitrogen and oxygen atoms in total. The van der Waals surface area contributed by atoms with E-state index in [9.17, 15) is 4.79 Å². The number of rotatable bonds is 6. The molecule has 0 spiro atoms. The van der Waals surface area contributed by atoms with Crippen molar-refractivity contribution in [1.29, 1.82) is 0 Å². The Hall–Kier alpha value is -1.43. The molecule has 1 aromatic rings. The lowest BCUT2D eigenvalue weighted by Crippen LogP contribution is -2.51. The maximum Gasteiger partial charge on any atom is 0.243 e. The van der Waals surface area contributed by atoms with Gasteiger partial charge >= 0.3 is 0 Å². The van der Waals surface area contributed by atoms with Gasteiger partial charge in [0.25, 0.3) is 0 Å². The molecule has 2 heterocycles. The fourth-order valence-electron chi connectivity index (χ4n) is 3.50. The lowest BCUT2D eigenvalue weighted by atomic mass is 9.89. The van der Waals surface area contributed by atoms with Crippen LogP contribution in [0.4, 0.5) is 0 Å². The molecule has 2 aliphatic rings. The molecule has 0 bridgehead atoms. The van der Waals surface area contributed by atoms with Crippen LogP contribution in [0.15, 0.2) is 4.52 Å². The molecular formula is C18H30N4O2. The number of carbonyl (C=O) groups is 1. The predicted octanol–water partition coefficient (Wildman–Crippen LogP) is 2.88. The number of nitrogens with zero attached hydrogens (tertiary/aromatic N) is 3. The second-order valence-electron chi connectivity index (χ2n) is 7.66. The van der Waals surface area contributed by atoms with Crippen molar-refractivity contribution in [3.8, 4) is 0 Å². The zero-order valence-electron chi connectivity index (χ0n) is 15.3. The molecule has 1 aromatic heterocycles. The molecule has 134 valence electrons. The largest absolute Gasteiger partial charge is 0.342 e. The molecule has 1 aliphatic carbocycles. The van der Waals surface area contributed by atoms with Crippen LogP contribution in [-0.2, 0) is 4.79 Å². The summed E-state index contributed by atoms with van der Waals surface area (Å²) in [5.41, 5.74) is 0. The fourth-order valence-corrected chi connectivity index (χ4v) is 3.50. The minimum Gasteiger partial charge on any atom is -0.342 e. The van der Waals surface area contributed by atoms with Gasteiger partial charge in [0.1, 0.15) is 0 Å². The molecule has 1 N–H and O–H groups in total. The van der Waals surface area contributed by atoms with E-state index in [4.69, 9.17) is 4.52 Å². The van der Waals surface area contributed by atoms with Crippen molar-refractivity contribution < 1.29 is 9.32 Å². The monoisotopic (exact) mass is 334 g/mol. The van der Waals surface area contributed by atoms with Gasteiger partial charge in [-0.05, 0) is 32.1 Å². The van der Waals surface area contributed by atoms with E-state index in [0.29, 0.717) is 29.7 Å². The zero-order chi connectivity index (χ0) is 17.3. The van der Waals surface area contributed by atoms with E-state index in [0.717, 1.165) is 44.6 Å². The quantitative estimate of drug-likeness (QED) is 0.866. The van der Waals surface area contributed by atoms with Crippen molar-refractivity contribution in [2.75, 3.05) is 13.1 Å². The van der Waals surface area contributed by atoms with E-state index in [1.807, 2.05) is 0 Å². The molecule has 1 aliphatic heterocycles. The summed E-state index contributed by atoms with van der Waals surface area (Å²) in [4.78, 5) is 18.9. The highest BCUT2D eigenvalue weighted by atomic mass is 16.5. The molecule has 1 saturated heterocycles. The summed E-state index contributed by atoms with van der Waals surface area (Å²) in [6, 6.07) is 0.428. The van der Waals surface area contributed by atoms with Crippen LogP contribution < -0.4 is 5.32 Å². The first-order valence-electron chi connectivity index (χ1n) is 9.37. The Labute approximate surface area is 144 Å². The first kappa shape index (κ1) is 17.4. The van der Waals surface area contributed by atoms with E-state index in [2.05, 4.69) is 48.1 Å². The van der Waals surface area contributed by atoms with Crippen LogP contribution in [0.3, 0.4) is 0 Å². The third-order valence-electron chi connectivity index (χ3n) is 5.30. The molecule has 3 atom stereocenters. The van der Waals surface area contributed by atoms with Gasteiger partial charge in [-0.1, -0.05) is 32.3 Å². The summed E-state index contributed by atoms with van der Waals surface area (Å²) >= 11 is 0. The van der Waals surface area contributed by atoms with Gasteiger partial charge in [-0.25, -0.2) is 0 Å². The van der Waals surface area contributed by atoms with Gasteiger partial charge in [0, 0.05) is 31.0 Å². The maximum atomic E-state index is 12.3. The van der Waals surface area contributed by atoms with E-state index >= 15 is 0 Å². The summed E-state index contributed by atoms with van der Waals surface area (Å²) in [5.74, 6) is 2.86. The summed E-state index contributed by atoms with van der Waals surface area (Å²) in [7, 11) is 0. The summed E-state index contributed by atoms with van der Waals surface area (Å²) in [5, 5.41) is 7.71. The molecule has 3 rings (SSSR count). The molecule has 1 amide bonds. The minimum absolute atomic E-state index is 0.0368. The molecule has 0 radical (unpaired) electrons. The van der Waals surface area contributed by atoms with Crippen molar-refractivity contribution in [1.82, 2.24) is 20.4 Å². The smallest absolute Gasteiger partial charge is 0.243 e. The average molecular weight is 334 g/mol. The van der Waals surface area contributed by atoms with Crippen LogP contribution in [0, 0.1) is 11.8 Å². The Morgan fingerprint density at radius 2 is 2.08 bits per heavy atom. The standard InChI is InChI=1S/C18H30N4O2/c1-5-13-10-22(18(23)14-6-7-14)9-8-15(13)19-12(4)17-20-16(11(2)3)21-24-17/h11-15,19H,5-10H2,1-4H3/t12-,13-,15+/m1/s1. The van der Waals surface area contributed by atoms with E-state index in [-0.39, 0.29) is 12.0 Å². The van der Waals surface area contributed by atoms with Gasteiger partial charge in [-0.2, -0.15) is 4.98 Å². The first-order valence-corrected chi connectivity index (χ1v) is 9.37. The van der Waals surface area contributed by atoms with Crippen molar-refractivity contribution in [2.24, 2.45) is 11.8 Å². The highest BCUT2D eigenvalue weighted by Gasteiger charge is 2.38. The second kappa shape index (κ2) is 7.21. The molecule has 0 unspecified atom stereocenters. The molecule has 2 fully saturated rings. The fraction of sp³-hybridized carbons (Fsp3) is 0.833. The number of hydrogen-bond acceptors (Lipinski definition) is 5. The molecule has 24 heavy (non-hydrogen) atoms. The lowest BCUT2D eigenvalue weighted by Gasteiger charge is -2.39. The lowest BCUT2D eigenvalue weighted by molar-refractivity contribution is -0.134. The minimum atomic E-state index is 0.0368. The average Bonchev–Trinajstić information content (AvgIpc) is 3.30. The van der Waals surface area contributed by atoms with Gasteiger partial charge in [-0.15, -0.1) is 0 Å². The number of hydrogen-bond donors (Lipinski definition) is 1. The molecule has 6 heteroatoms. The third-order valence-corrected chi connectivity index (χ3v) is 5.30. The SMILES string of the molecule is CC[C@@H]1CN(C(=O)C2CC2)CC[C@@H]1N[C@H](C)c1nc(C(C)C)no1. The highest BCUT2D eigenvalue weighted by molar-refractivity contribution is 5.81. The first-order chi connectivity index (χ1) is 11.5. The maximum absolute atomic E-state index is 12.3. The van der Waals surface area contributed by atoms with Crippen LogP contribution in [0.2, 0.25) is 0 Å². The normalized spacial score (nSPS) is 26.0. The number of piperidine rings is 1. The number of nitrogens with one attached hydrogen (secondary N) is 1. The summed E-state index contributed by atoms with van der Waals surface area (Å²) in [6.45, 7) is 10.1. The van der Waals surface area contributed by atoms with Gasteiger partial charge in [0.15, 0.2) is 5.82 Å². The Morgan fingerprint density at radius 1 is 1.33 bits per heavy atom. The molecular weight excluding hydrogens is 304 g/mol. The van der Waals surface area contributed by atoms with Crippen LogP contribution in [0.25, 0.3) is 0 Å². The van der Waals surface area contributed by atoms with E-state index < -0.39 is 0 Å². The van der Waals surface area contributed by atoms with Crippen molar-refractivity contribution in [2.45, 2.75) is 71.4 Å². The van der Waals surface area contributed by atoms with E-state index in [1.54, 1.807) is 0 Å². The van der Waals surface area contributed by atoms with Gasteiger partial charge < -0.3 is 14.7 Å². The van der Waals surface area contributed by atoms with Crippen LogP contribution in [0.1, 0.15) is 77.1 Å². The Bertz CT molecular complexity index is 567. The number of aromatic nitrogens is 2. The predicted molar refractivity (Wildman–Crippen MR) is 91.4 cm³/mol. The topological polar surface area (TPSA) is 71.3 Å². The van der Waals surface area contributed by atoms with Crippen LogP contribution in [-0.4, -0.2) is 40.1 Å². The summed E-state index contributed by atoms with van der Waals surface area (Å²) < 4.78 is 5.41. The zero-order valence-corrected chi connectivity index (χ0v) is 15.3. The highest BCUT2D eigenvalue weighted by Crippen LogP contribution is 2.33. The summed E-state index contributed by atoms with van der Waals surface area (Å²) in [6.07, 6.45) is 4.23. The number of likely N-dealkylation sites (tertiary alicyclic amines) is 1. The molecule has 0 aromatic carbocycles. The van der Waals surface area contributed by atoms with Crippen molar-refractivity contribution >= 4 is 5.91 Å². The van der Waals surface area contributed by atoms with Gasteiger partial charge in [-0.3, -0.25) is 4.79 Å². The Balaban J connectivity index is 1.58. The van der Waals surface area contributed by atoms with Crippen LogP contribution in [0.5, 0.6) is 0 Å². The van der Waals surface area contributed by atoms with Gasteiger partial charge in [0.05, 0.1) is 6.04 Å². The number of carbonyl (C=O) groups excluding carboxylic acids is 1. The van der Waals surface area contributed by atoms with Gasteiger partial charge in [0.2, 0.25) is 11.8 Å². The Morgan fingerprint density at radius 3 is 2.67 bits per heavy atom. The van der Waals surface area contributed by atoms with E-state index in [1.165, 1.54) is 0 Å². The van der Waals surface area contributed by atoms with Crippen molar-refractivity contribution in [3.63, 3.8) is 0 Å². The number of amides is 1. The third kappa shape index (κ3) is 3.79. The Kier molecular flexibility index (Phi) is 5.23. The second-order valence-corrected chi connectivity index (χ2v) is 7.66. The van der Waals surface area contributed by atoms with Crippen molar-refractivity contribution in [3.05, 3.63) is 11.7 Å². The molecule has 1 saturated carbocycles. The van der Waals surface area contributed by atoms with Crippen LogP contribution >= 0.6 is 0 Å².